The molecule has 0 amide bonds. The first-order chi connectivity index (χ1) is 10.2. The normalized spacial score (nSPS) is 10.6. The molecule has 0 aliphatic heterocycles. The summed E-state index contributed by atoms with van der Waals surface area (Å²) in [6.07, 6.45) is 1.45. The Bertz CT molecular complexity index is 802. The highest BCUT2D eigenvalue weighted by atomic mass is 79.9. The molecule has 1 heterocycles. The molecule has 0 N–H and O–H groups in total. The molecule has 0 bridgehead atoms. The molecule has 2 aromatic carbocycles. The second-order valence-electron chi connectivity index (χ2n) is 4.32. The van der Waals surface area contributed by atoms with Crippen molar-refractivity contribution < 1.29 is 4.79 Å². The van der Waals surface area contributed by atoms with Crippen LogP contribution in [0.5, 0.6) is 0 Å². The van der Waals surface area contributed by atoms with E-state index in [1.165, 1.54) is 10.9 Å². The van der Waals surface area contributed by atoms with Crippen LogP contribution in [0.3, 0.4) is 0 Å². The van der Waals surface area contributed by atoms with Gasteiger partial charge >= 0.3 is 0 Å². The Labute approximate surface area is 134 Å². The number of carbonyl (C=O) groups excluding carboxylic acids is 1. The molecule has 6 heteroatoms. The Morgan fingerprint density at radius 2 is 1.90 bits per heavy atom. The quantitative estimate of drug-likeness (QED) is 0.664. The fourth-order valence-corrected chi connectivity index (χ4v) is 2.56. The summed E-state index contributed by atoms with van der Waals surface area (Å²) in [5, 5.41) is 8.32. The second kappa shape index (κ2) is 5.79. The number of nitrogens with zero attached hydrogens (tertiary/aromatic N) is 3. The molecule has 0 saturated carbocycles. The van der Waals surface area contributed by atoms with E-state index in [4.69, 9.17) is 11.6 Å². The van der Waals surface area contributed by atoms with Gasteiger partial charge in [-0.05, 0) is 30.3 Å². The van der Waals surface area contributed by atoms with E-state index in [9.17, 15) is 4.79 Å². The van der Waals surface area contributed by atoms with Gasteiger partial charge in [-0.25, -0.2) is 4.68 Å². The van der Waals surface area contributed by atoms with Crippen LogP contribution in [-0.2, 0) is 0 Å². The summed E-state index contributed by atoms with van der Waals surface area (Å²) < 4.78 is 2.19. The third kappa shape index (κ3) is 2.75. The third-order valence-electron chi connectivity index (χ3n) is 2.96. The van der Waals surface area contributed by atoms with Crippen molar-refractivity contribution in [1.29, 1.82) is 0 Å². The molecule has 3 rings (SSSR count). The van der Waals surface area contributed by atoms with Crippen molar-refractivity contribution in [1.82, 2.24) is 15.0 Å². The minimum absolute atomic E-state index is 0.196. The predicted molar refractivity (Wildman–Crippen MR) is 83.9 cm³/mol. The molecule has 0 saturated heterocycles. The fraction of sp³-hybridized carbons (Fsp3) is 0. The topological polar surface area (TPSA) is 47.8 Å². The van der Waals surface area contributed by atoms with Crippen LogP contribution >= 0.6 is 27.5 Å². The van der Waals surface area contributed by atoms with Gasteiger partial charge in [-0.2, -0.15) is 0 Å². The molecule has 4 nitrogen and oxygen atoms in total. The summed E-state index contributed by atoms with van der Waals surface area (Å²) in [5.41, 5.74) is 1.63. The summed E-state index contributed by atoms with van der Waals surface area (Å²) in [4.78, 5) is 12.7. The predicted octanol–water partition coefficient (Wildman–Crippen LogP) is 3.91. The molecule has 21 heavy (non-hydrogen) atoms. The van der Waals surface area contributed by atoms with Crippen molar-refractivity contribution in [3.05, 3.63) is 75.5 Å². The number of halogens is 2. The molecule has 0 aliphatic rings. The van der Waals surface area contributed by atoms with E-state index in [1.807, 2.05) is 30.3 Å². The van der Waals surface area contributed by atoms with E-state index in [1.54, 1.807) is 18.2 Å². The number of aromatic nitrogens is 3. The van der Waals surface area contributed by atoms with Crippen LogP contribution in [0.25, 0.3) is 5.69 Å². The lowest BCUT2D eigenvalue weighted by atomic mass is 10.1. The summed E-state index contributed by atoms with van der Waals surface area (Å²) in [6.45, 7) is 0. The average Bonchev–Trinajstić information content (AvgIpc) is 2.99. The first kappa shape index (κ1) is 14.0. The lowest BCUT2D eigenvalue weighted by molar-refractivity contribution is 0.103. The summed E-state index contributed by atoms with van der Waals surface area (Å²) in [7, 11) is 0. The lowest BCUT2D eigenvalue weighted by Gasteiger charge is -2.07. The maximum Gasteiger partial charge on any atom is 0.214 e. The van der Waals surface area contributed by atoms with Crippen LogP contribution in [0.4, 0.5) is 0 Å². The fourth-order valence-electron chi connectivity index (χ4n) is 1.96. The van der Waals surface area contributed by atoms with Crippen molar-refractivity contribution >= 4 is 33.3 Å². The summed E-state index contributed by atoms with van der Waals surface area (Å²) in [5.74, 6) is -0.196. The molecule has 1 aromatic heterocycles. The number of ketones is 1. The van der Waals surface area contributed by atoms with E-state index in [2.05, 4.69) is 26.2 Å². The van der Waals surface area contributed by atoms with Crippen LogP contribution in [0.1, 0.15) is 16.1 Å². The van der Waals surface area contributed by atoms with Gasteiger partial charge in [0, 0.05) is 15.1 Å². The molecule has 104 valence electrons. The number of benzene rings is 2. The van der Waals surface area contributed by atoms with Crippen LogP contribution in [0, 0.1) is 0 Å². The highest BCUT2D eigenvalue weighted by molar-refractivity contribution is 9.10. The lowest BCUT2D eigenvalue weighted by Crippen LogP contribution is -2.10. The standard InChI is InChI=1S/C15H9BrClN3O/c16-13-7-6-10(17)8-12(13)15(21)14-9-18-19-20(14)11-4-2-1-3-5-11/h1-9H. The Morgan fingerprint density at radius 3 is 2.67 bits per heavy atom. The zero-order valence-electron chi connectivity index (χ0n) is 10.7. The Balaban J connectivity index is 2.08. The van der Waals surface area contributed by atoms with Crippen LogP contribution in [-0.4, -0.2) is 20.8 Å². The Hall–Kier alpha value is -1.98. The van der Waals surface area contributed by atoms with Crippen molar-refractivity contribution in [2.45, 2.75) is 0 Å². The number of carbonyl (C=O) groups is 1. The van der Waals surface area contributed by atoms with E-state index >= 15 is 0 Å². The second-order valence-corrected chi connectivity index (χ2v) is 5.61. The maximum atomic E-state index is 12.7. The maximum absolute atomic E-state index is 12.7. The van der Waals surface area contributed by atoms with Gasteiger partial charge in [-0.1, -0.05) is 50.9 Å². The van der Waals surface area contributed by atoms with E-state index in [0.717, 1.165) is 5.69 Å². The van der Waals surface area contributed by atoms with Crippen molar-refractivity contribution in [2.24, 2.45) is 0 Å². The van der Waals surface area contributed by atoms with Gasteiger partial charge in [0.2, 0.25) is 5.78 Å². The van der Waals surface area contributed by atoms with Gasteiger partial charge in [0.05, 0.1) is 11.9 Å². The van der Waals surface area contributed by atoms with Crippen molar-refractivity contribution in [3.63, 3.8) is 0 Å². The average molecular weight is 363 g/mol. The van der Waals surface area contributed by atoms with Gasteiger partial charge in [0.15, 0.2) is 0 Å². The minimum atomic E-state index is -0.196. The van der Waals surface area contributed by atoms with Gasteiger partial charge in [0.25, 0.3) is 0 Å². The van der Waals surface area contributed by atoms with Crippen molar-refractivity contribution in [2.75, 3.05) is 0 Å². The summed E-state index contributed by atoms with van der Waals surface area (Å²) >= 11 is 9.34. The molecule has 0 unspecified atom stereocenters. The third-order valence-corrected chi connectivity index (χ3v) is 3.88. The first-order valence-corrected chi connectivity index (χ1v) is 7.30. The number of hydrogen-bond acceptors (Lipinski definition) is 3. The van der Waals surface area contributed by atoms with Gasteiger partial charge in [0.1, 0.15) is 5.69 Å². The van der Waals surface area contributed by atoms with E-state index in [0.29, 0.717) is 20.8 Å². The first-order valence-electron chi connectivity index (χ1n) is 6.12. The molecule has 0 aliphatic carbocycles. The van der Waals surface area contributed by atoms with Gasteiger partial charge in [-0.3, -0.25) is 4.79 Å². The van der Waals surface area contributed by atoms with E-state index < -0.39 is 0 Å². The Morgan fingerprint density at radius 1 is 1.14 bits per heavy atom. The van der Waals surface area contributed by atoms with Gasteiger partial charge < -0.3 is 0 Å². The molecule has 0 atom stereocenters. The SMILES string of the molecule is O=C(c1cc(Cl)ccc1Br)c1cnnn1-c1ccccc1. The monoisotopic (exact) mass is 361 g/mol. The number of hydrogen-bond donors (Lipinski definition) is 0. The summed E-state index contributed by atoms with van der Waals surface area (Å²) in [6, 6.07) is 14.4. The number of rotatable bonds is 3. The van der Waals surface area contributed by atoms with E-state index in [-0.39, 0.29) is 5.78 Å². The number of para-hydroxylation sites is 1. The minimum Gasteiger partial charge on any atom is -0.287 e. The van der Waals surface area contributed by atoms with Gasteiger partial charge in [-0.15, -0.1) is 5.10 Å². The van der Waals surface area contributed by atoms with Crippen LogP contribution in [0.15, 0.2) is 59.2 Å². The van der Waals surface area contributed by atoms with Crippen molar-refractivity contribution in [3.8, 4) is 5.69 Å². The smallest absolute Gasteiger partial charge is 0.214 e. The molecular formula is C15H9BrClN3O. The van der Waals surface area contributed by atoms with Crippen LogP contribution < -0.4 is 0 Å². The molecule has 0 radical (unpaired) electrons. The molecule has 3 aromatic rings. The highest BCUT2D eigenvalue weighted by Gasteiger charge is 2.19. The van der Waals surface area contributed by atoms with Crippen LogP contribution in [0.2, 0.25) is 5.02 Å². The highest BCUT2D eigenvalue weighted by Crippen LogP contribution is 2.24. The largest absolute Gasteiger partial charge is 0.287 e. The molecular weight excluding hydrogens is 354 g/mol. The molecule has 0 spiro atoms. The Kier molecular flexibility index (Phi) is 3.86. The molecule has 0 fully saturated rings. The zero-order valence-corrected chi connectivity index (χ0v) is 13.0. The zero-order chi connectivity index (χ0) is 14.8.